The average Bonchev–Trinajstić information content (AvgIpc) is 3.29. The van der Waals surface area contributed by atoms with E-state index in [2.05, 4.69) is 6.08 Å². The maximum Gasteiger partial charge on any atom is 0.274 e. The van der Waals surface area contributed by atoms with Crippen molar-refractivity contribution in [1.29, 1.82) is 0 Å². The lowest BCUT2D eigenvalue weighted by Gasteiger charge is -2.29. The van der Waals surface area contributed by atoms with Gasteiger partial charge in [-0.25, -0.2) is 5.01 Å². The van der Waals surface area contributed by atoms with Crippen molar-refractivity contribution in [3.05, 3.63) is 100 Å². The van der Waals surface area contributed by atoms with Crippen LogP contribution in [0.1, 0.15) is 46.8 Å². The Morgan fingerprint density at radius 1 is 1.00 bits per heavy atom. The zero-order valence-corrected chi connectivity index (χ0v) is 20.5. The van der Waals surface area contributed by atoms with E-state index >= 15 is 0 Å². The number of carbonyl (C=O) groups is 1. The smallest absolute Gasteiger partial charge is 0.274 e. The molecule has 6 heteroatoms. The number of hydrogen-bond acceptors (Lipinski definition) is 4. The van der Waals surface area contributed by atoms with Crippen molar-refractivity contribution in [2.75, 3.05) is 14.2 Å². The van der Waals surface area contributed by atoms with Crippen molar-refractivity contribution in [3.8, 4) is 11.5 Å². The van der Waals surface area contributed by atoms with Gasteiger partial charge in [0.15, 0.2) is 0 Å². The van der Waals surface area contributed by atoms with Crippen LogP contribution in [0.15, 0.2) is 83.5 Å². The van der Waals surface area contributed by atoms with Crippen LogP contribution in [-0.2, 0) is 0 Å². The van der Waals surface area contributed by atoms with Gasteiger partial charge in [-0.1, -0.05) is 41.9 Å². The molecule has 5 nitrogen and oxygen atoms in total. The third kappa shape index (κ3) is 4.69. The average molecular weight is 487 g/mol. The largest absolute Gasteiger partial charge is 0.497 e. The Labute approximate surface area is 210 Å². The van der Waals surface area contributed by atoms with Gasteiger partial charge in [-0.2, -0.15) is 5.10 Å². The number of halogens is 1. The normalized spacial score (nSPS) is 20.4. The number of hydrazone groups is 1. The van der Waals surface area contributed by atoms with Gasteiger partial charge in [0.05, 0.1) is 26.0 Å². The van der Waals surface area contributed by atoms with Gasteiger partial charge in [-0.05, 0) is 84.5 Å². The third-order valence-electron chi connectivity index (χ3n) is 6.70. The number of fused-ring (bicyclic) bond motifs is 1. The standard InChI is InChI=1S/C29H27ClN2O3/c1-34-24-13-9-19(10-14-24)17-21-5-4-8-26-27(21)31-32(29(33)22-6-3-7-23(30)18-22)28(26)20-11-15-25(35-2)16-12-20/h3,6-7,9-18,26,28H,4-5,8H2,1-2H3/b21-17+/t26-,28+/m1/s1. The summed E-state index contributed by atoms with van der Waals surface area (Å²) in [6.45, 7) is 0. The molecule has 1 aliphatic heterocycles. The highest BCUT2D eigenvalue weighted by atomic mass is 35.5. The molecule has 3 aromatic carbocycles. The highest BCUT2D eigenvalue weighted by Gasteiger charge is 2.44. The molecule has 0 aromatic heterocycles. The molecule has 1 saturated carbocycles. The number of amides is 1. The Morgan fingerprint density at radius 2 is 1.69 bits per heavy atom. The zero-order chi connectivity index (χ0) is 24.4. The van der Waals surface area contributed by atoms with Crippen LogP contribution >= 0.6 is 11.6 Å². The van der Waals surface area contributed by atoms with Crippen molar-refractivity contribution in [2.24, 2.45) is 11.0 Å². The van der Waals surface area contributed by atoms with Gasteiger partial charge < -0.3 is 9.47 Å². The van der Waals surface area contributed by atoms with E-state index in [1.165, 1.54) is 5.57 Å². The molecule has 1 heterocycles. The molecule has 0 radical (unpaired) electrons. The number of allylic oxidation sites excluding steroid dienone is 1. The van der Waals surface area contributed by atoms with Gasteiger partial charge in [0.2, 0.25) is 0 Å². The fraction of sp³-hybridized carbons (Fsp3) is 0.241. The van der Waals surface area contributed by atoms with E-state index in [1.54, 1.807) is 43.5 Å². The van der Waals surface area contributed by atoms with Crippen LogP contribution in [0.4, 0.5) is 0 Å². The van der Waals surface area contributed by atoms with E-state index in [1.807, 2.05) is 48.5 Å². The van der Waals surface area contributed by atoms with Crippen molar-refractivity contribution < 1.29 is 14.3 Å². The lowest BCUT2D eigenvalue weighted by Crippen LogP contribution is -2.31. The molecule has 0 bridgehead atoms. The fourth-order valence-electron chi connectivity index (χ4n) is 4.96. The van der Waals surface area contributed by atoms with Crippen LogP contribution in [0.5, 0.6) is 11.5 Å². The second-order valence-corrected chi connectivity index (χ2v) is 9.24. The monoisotopic (exact) mass is 486 g/mol. The number of rotatable bonds is 5. The molecule has 0 saturated heterocycles. The Hall–Kier alpha value is -3.57. The van der Waals surface area contributed by atoms with Gasteiger partial charge in [0.25, 0.3) is 5.91 Å². The van der Waals surface area contributed by atoms with Crippen LogP contribution in [0.3, 0.4) is 0 Å². The molecule has 2 aliphatic rings. The molecule has 1 aliphatic carbocycles. The van der Waals surface area contributed by atoms with Crippen LogP contribution < -0.4 is 9.47 Å². The summed E-state index contributed by atoms with van der Waals surface area (Å²) in [5.74, 6) is 1.57. The van der Waals surface area contributed by atoms with E-state index in [0.29, 0.717) is 10.6 Å². The Kier molecular flexibility index (Phi) is 6.60. The predicted molar refractivity (Wildman–Crippen MR) is 139 cm³/mol. The summed E-state index contributed by atoms with van der Waals surface area (Å²) in [6.07, 6.45) is 5.12. The minimum atomic E-state index is -0.193. The molecule has 178 valence electrons. The first-order chi connectivity index (χ1) is 17.1. The maximum atomic E-state index is 13.7. The number of ether oxygens (including phenoxy) is 2. The summed E-state index contributed by atoms with van der Waals surface area (Å²) >= 11 is 6.20. The first-order valence-electron chi connectivity index (χ1n) is 11.7. The Morgan fingerprint density at radius 3 is 2.34 bits per heavy atom. The van der Waals surface area contributed by atoms with E-state index in [4.69, 9.17) is 26.2 Å². The first kappa shape index (κ1) is 23.2. The topological polar surface area (TPSA) is 51.1 Å². The van der Waals surface area contributed by atoms with Crippen LogP contribution in [0.25, 0.3) is 6.08 Å². The maximum absolute atomic E-state index is 13.7. The van der Waals surface area contributed by atoms with Crippen LogP contribution in [0, 0.1) is 5.92 Å². The van der Waals surface area contributed by atoms with Gasteiger partial charge in [-0.15, -0.1) is 0 Å². The molecule has 3 aromatic rings. The summed E-state index contributed by atoms with van der Waals surface area (Å²) in [4.78, 5) is 13.7. The van der Waals surface area contributed by atoms with Crippen molar-refractivity contribution in [2.45, 2.75) is 25.3 Å². The minimum Gasteiger partial charge on any atom is -0.497 e. The number of methoxy groups -OCH3 is 2. The number of hydrogen-bond donors (Lipinski definition) is 0. The quantitative estimate of drug-likeness (QED) is 0.398. The zero-order valence-electron chi connectivity index (χ0n) is 19.8. The Bertz CT molecular complexity index is 1280. The molecule has 0 spiro atoms. The Balaban J connectivity index is 1.56. The molecule has 35 heavy (non-hydrogen) atoms. The van der Waals surface area contributed by atoms with Gasteiger partial charge in [0.1, 0.15) is 11.5 Å². The van der Waals surface area contributed by atoms with E-state index < -0.39 is 0 Å². The molecule has 0 N–H and O–H groups in total. The highest BCUT2D eigenvalue weighted by molar-refractivity contribution is 6.31. The number of nitrogens with zero attached hydrogens (tertiary/aromatic N) is 2. The lowest BCUT2D eigenvalue weighted by atomic mass is 9.77. The fourth-order valence-corrected chi connectivity index (χ4v) is 5.15. The van der Waals surface area contributed by atoms with Crippen LogP contribution in [-0.4, -0.2) is 30.8 Å². The second kappa shape index (κ2) is 9.96. The van der Waals surface area contributed by atoms with E-state index in [-0.39, 0.29) is 17.9 Å². The third-order valence-corrected chi connectivity index (χ3v) is 6.93. The molecule has 1 amide bonds. The van der Waals surface area contributed by atoms with Gasteiger partial charge in [-0.3, -0.25) is 4.79 Å². The summed E-state index contributed by atoms with van der Waals surface area (Å²) in [7, 11) is 3.31. The molecule has 0 unspecified atom stereocenters. The number of carbonyl (C=O) groups excluding carboxylic acids is 1. The molecule has 2 atom stereocenters. The summed E-state index contributed by atoms with van der Waals surface area (Å²) < 4.78 is 10.6. The van der Waals surface area contributed by atoms with Gasteiger partial charge in [0, 0.05) is 16.5 Å². The molecule has 1 fully saturated rings. The van der Waals surface area contributed by atoms with Gasteiger partial charge >= 0.3 is 0 Å². The lowest BCUT2D eigenvalue weighted by molar-refractivity contribution is 0.0681. The SMILES string of the molecule is COc1ccc(/C=C2\CCC[C@@H]3C2=NN(C(=O)c2cccc(Cl)c2)[C@H]3c2ccc(OC)cc2)cc1. The van der Waals surface area contributed by atoms with Crippen LogP contribution in [0.2, 0.25) is 5.02 Å². The predicted octanol–water partition coefficient (Wildman–Crippen LogP) is 6.79. The summed E-state index contributed by atoms with van der Waals surface area (Å²) in [5.41, 5.74) is 4.81. The first-order valence-corrected chi connectivity index (χ1v) is 12.1. The van der Waals surface area contributed by atoms with Crippen molar-refractivity contribution >= 4 is 29.3 Å². The summed E-state index contributed by atoms with van der Waals surface area (Å²) in [6, 6.07) is 22.8. The van der Waals surface area contributed by atoms with Crippen molar-refractivity contribution in [1.82, 2.24) is 5.01 Å². The second-order valence-electron chi connectivity index (χ2n) is 8.80. The number of benzene rings is 3. The van der Waals surface area contributed by atoms with E-state index in [9.17, 15) is 4.79 Å². The minimum absolute atomic E-state index is 0.116. The highest BCUT2D eigenvalue weighted by Crippen LogP contribution is 2.45. The molecular formula is C29H27ClN2O3. The van der Waals surface area contributed by atoms with E-state index in [0.717, 1.165) is 47.6 Å². The summed E-state index contributed by atoms with van der Waals surface area (Å²) in [5, 5.41) is 7.14. The molecule has 5 rings (SSSR count). The molecular weight excluding hydrogens is 460 g/mol. The van der Waals surface area contributed by atoms with Crippen molar-refractivity contribution in [3.63, 3.8) is 0 Å².